The Kier molecular flexibility index (Phi) is 7.11. The van der Waals surface area contributed by atoms with E-state index in [0.717, 1.165) is 21.1 Å². The molecule has 5 aromatic rings. The molecule has 5 rings (SSSR count). The number of thiazole rings is 1. The Morgan fingerprint density at radius 2 is 1.72 bits per heavy atom. The van der Waals surface area contributed by atoms with E-state index in [1.54, 1.807) is 11.5 Å². The number of halogens is 1. The molecule has 0 N–H and O–H groups in total. The number of fused-ring (bicyclic) bond motifs is 3. The van der Waals surface area contributed by atoms with Gasteiger partial charge in [-0.1, -0.05) is 35.6 Å². The SMILES string of the molecule is CCOc1cc(/C=c2\sc3nc4ccccc4n3c2=O)cc(Br)c1OCCOc1ccccc1OC. The minimum absolute atomic E-state index is 0.0911. The van der Waals surface area contributed by atoms with E-state index < -0.39 is 0 Å². The van der Waals surface area contributed by atoms with Gasteiger partial charge in [0, 0.05) is 0 Å². The number of para-hydroxylation sites is 4. The Bertz CT molecular complexity index is 1650. The Hall–Kier alpha value is -3.56. The van der Waals surface area contributed by atoms with E-state index in [4.69, 9.17) is 18.9 Å². The van der Waals surface area contributed by atoms with E-state index in [-0.39, 0.29) is 5.56 Å². The molecule has 0 spiro atoms. The number of hydrogen-bond acceptors (Lipinski definition) is 7. The van der Waals surface area contributed by atoms with Crippen molar-refractivity contribution in [2.24, 2.45) is 0 Å². The maximum atomic E-state index is 13.1. The molecule has 2 heterocycles. The van der Waals surface area contributed by atoms with Crippen molar-refractivity contribution in [1.29, 1.82) is 0 Å². The Morgan fingerprint density at radius 3 is 2.53 bits per heavy atom. The van der Waals surface area contributed by atoms with Crippen molar-refractivity contribution in [3.63, 3.8) is 0 Å². The van der Waals surface area contributed by atoms with E-state index in [2.05, 4.69) is 20.9 Å². The van der Waals surface area contributed by atoms with Gasteiger partial charge in [-0.3, -0.25) is 4.79 Å². The van der Waals surface area contributed by atoms with Crippen LogP contribution in [0.5, 0.6) is 23.0 Å². The van der Waals surface area contributed by atoms with E-state index in [9.17, 15) is 4.79 Å². The van der Waals surface area contributed by atoms with Crippen LogP contribution in [-0.2, 0) is 0 Å². The second kappa shape index (κ2) is 10.6. The van der Waals surface area contributed by atoms with Gasteiger partial charge in [-0.25, -0.2) is 9.38 Å². The van der Waals surface area contributed by atoms with Gasteiger partial charge in [0.1, 0.15) is 13.2 Å². The summed E-state index contributed by atoms with van der Waals surface area (Å²) in [6.45, 7) is 3.01. The summed E-state index contributed by atoms with van der Waals surface area (Å²) in [4.78, 5) is 18.4. The molecule has 0 bridgehead atoms. The highest BCUT2D eigenvalue weighted by Crippen LogP contribution is 2.37. The minimum Gasteiger partial charge on any atom is -0.493 e. The molecule has 0 fully saturated rings. The van der Waals surface area contributed by atoms with Crippen LogP contribution in [0.1, 0.15) is 12.5 Å². The quantitative estimate of drug-likeness (QED) is 0.231. The Balaban J connectivity index is 1.39. The third kappa shape index (κ3) is 4.76. The Morgan fingerprint density at radius 1 is 0.972 bits per heavy atom. The van der Waals surface area contributed by atoms with E-state index in [1.807, 2.05) is 73.7 Å². The van der Waals surface area contributed by atoms with Crippen LogP contribution in [0.2, 0.25) is 0 Å². The molecule has 3 aromatic carbocycles. The van der Waals surface area contributed by atoms with Gasteiger partial charge in [0.05, 0.1) is 33.8 Å². The maximum Gasteiger partial charge on any atom is 0.274 e. The van der Waals surface area contributed by atoms with Crippen molar-refractivity contribution in [2.75, 3.05) is 26.9 Å². The van der Waals surface area contributed by atoms with Crippen molar-refractivity contribution >= 4 is 49.3 Å². The summed E-state index contributed by atoms with van der Waals surface area (Å²) in [6.07, 6.45) is 1.85. The average Bonchev–Trinajstić information content (AvgIpc) is 3.39. The van der Waals surface area contributed by atoms with Gasteiger partial charge in [0.25, 0.3) is 5.56 Å². The Labute approximate surface area is 219 Å². The van der Waals surface area contributed by atoms with Crippen LogP contribution in [0.4, 0.5) is 0 Å². The highest BCUT2D eigenvalue weighted by molar-refractivity contribution is 9.10. The third-order valence-corrected chi connectivity index (χ3v) is 6.99. The average molecular weight is 567 g/mol. The first-order valence-electron chi connectivity index (χ1n) is 11.4. The highest BCUT2D eigenvalue weighted by Gasteiger charge is 2.14. The molecule has 0 saturated heterocycles. The van der Waals surface area contributed by atoms with Gasteiger partial charge in [0.15, 0.2) is 28.0 Å². The zero-order chi connectivity index (χ0) is 25.1. The van der Waals surface area contributed by atoms with Gasteiger partial charge in [-0.05, 0) is 70.9 Å². The molecule has 0 aliphatic heterocycles. The lowest BCUT2D eigenvalue weighted by molar-refractivity contribution is 0.202. The standard InChI is InChI=1S/C27H23BrN2O5S/c1-3-33-23-15-17(16-24-26(31)30-20-9-5-4-8-19(20)29-27(30)36-24)14-18(28)25(23)35-13-12-34-22-11-7-6-10-21(22)32-2/h4-11,14-16H,3,12-13H2,1-2H3/b24-16-. The normalized spacial score (nSPS) is 11.8. The van der Waals surface area contributed by atoms with E-state index in [1.165, 1.54) is 11.3 Å². The maximum absolute atomic E-state index is 13.1. The molecule has 36 heavy (non-hydrogen) atoms. The molecular weight excluding hydrogens is 544 g/mol. The molecule has 184 valence electrons. The second-order valence-electron chi connectivity index (χ2n) is 7.75. The van der Waals surface area contributed by atoms with Gasteiger partial charge in [0.2, 0.25) is 0 Å². The largest absolute Gasteiger partial charge is 0.493 e. The lowest BCUT2D eigenvalue weighted by atomic mass is 10.2. The number of aromatic nitrogens is 2. The second-order valence-corrected chi connectivity index (χ2v) is 9.61. The van der Waals surface area contributed by atoms with Crippen molar-refractivity contribution in [3.8, 4) is 23.0 Å². The molecule has 9 heteroatoms. The number of ether oxygens (including phenoxy) is 4. The molecule has 0 atom stereocenters. The van der Waals surface area contributed by atoms with E-state index in [0.29, 0.717) is 52.3 Å². The van der Waals surface area contributed by atoms with Crippen LogP contribution in [0.25, 0.3) is 22.1 Å². The highest BCUT2D eigenvalue weighted by atomic mass is 79.9. The third-order valence-electron chi connectivity index (χ3n) is 5.43. The summed E-state index contributed by atoms with van der Waals surface area (Å²) in [5, 5.41) is 0. The molecule has 0 unspecified atom stereocenters. The van der Waals surface area contributed by atoms with Crippen LogP contribution < -0.4 is 29.0 Å². The van der Waals surface area contributed by atoms with Crippen LogP contribution in [0.3, 0.4) is 0 Å². The summed E-state index contributed by atoms with van der Waals surface area (Å²) in [6, 6.07) is 18.9. The first-order valence-corrected chi connectivity index (χ1v) is 13.0. The number of benzene rings is 3. The van der Waals surface area contributed by atoms with Crippen molar-refractivity contribution in [1.82, 2.24) is 9.38 Å². The molecule has 0 radical (unpaired) electrons. The fourth-order valence-corrected chi connectivity index (χ4v) is 5.43. The lowest BCUT2D eigenvalue weighted by Crippen LogP contribution is -2.22. The zero-order valence-corrected chi connectivity index (χ0v) is 22.1. The number of methoxy groups -OCH3 is 1. The summed E-state index contributed by atoms with van der Waals surface area (Å²) in [5.41, 5.74) is 2.34. The molecule has 7 nitrogen and oxygen atoms in total. The van der Waals surface area contributed by atoms with Gasteiger partial charge < -0.3 is 18.9 Å². The van der Waals surface area contributed by atoms with Crippen LogP contribution >= 0.6 is 27.3 Å². The topological polar surface area (TPSA) is 71.3 Å². The fourth-order valence-electron chi connectivity index (χ4n) is 3.87. The van der Waals surface area contributed by atoms with Crippen molar-refractivity contribution < 1.29 is 18.9 Å². The zero-order valence-electron chi connectivity index (χ0n) is 19.7. The first kappa shape index (κ1) is 24.1. The summed E-state index contributed by atoms with van der Waals surface area (Å²) >= 11 is 4.96. The van der Waals surface area contributed by atoms with E-state index >= 15 is 0 Å². The fraction of sp³-hybridized carbons (Fsp3) is 0.185. The molecule has 2 aromatic heterocycles. The lowest BCUT2D eigenvalue weighted by Gasteiger charge is -2.15. The number of nitrogens with zero attached hydrogens (tertiary/aromatic N) is 2. The molecular formula is C27H23BrN2O5S. The molecule has 0 aliphatic rings. The predicted octanol–water partition coefficient (Wildman–Crippen LogP) is 5.08. The van der Waals surface area contributed by atoms with Crippen LogP contribution in [0.15, 0.2) is 69.9 Å². The van der Waals surface area contributed by atoms with Crippen molar-refractivity contribution in [2.45, 2.75) is 6.92 Å². The minimum atomic E-state index is -0.0911. The number of rotatable bonds is 9. The van der Waals surface area contributed by atoms with Gasteiger partial charge >= 0.3 is 0 Å². The molecule has 0 aliphatic carbocycles. The molecule has 0 amide bonds. The first-order chi connectivity index (χ1) is 17.6. The summed E-state index contributed by atoms with van der Waals surface area (Å²) in [7, 11) is 1.61. The van der Waals surface area contributed by atoms with Gasteiger partial charge in [-0.15, -0.1) is 0 Å². The summed E-state index contributed by atoms with van der Waals surface area (Å²) in [5.74, 6) is 2.48. The van der Waals surface area contributed by atoms with Gasteiger partial charge in [-0.2, -0.15) is 0 Å². The van der Waals surface area contributed by atoms with Crippen LogP contribution in [0, 0.1) is 0 Å². The smallest absolute Gasteiger partial charge is 0.274 e. The van der Waals surface area contributed by atoms with Crippen molar-refractivity contribution in [3.05, 3.63) is 85.6 Å². The number of imidazole rings is 1. The predicted molar refractivity (Wildman–Crippen MR) is 145 cm³/mol. The summed E-state index contributed by atoms with van der Waals surface area (Å²) < 4.78 is 25.9. The molecule has 0 saturated carbocycles. The number of hydrogen-bond donors (Lipinski definition) is 0. The van der Waals surface area contributed by atoms with Crippen LogP contribution in [-0.4, -0.2) is 36.3 Å². The monoisotopic (exact) mass is 566 g/mol.